The van der Waals surface area contributed by atoms with E-state index in [4.69, 9.17) is 11.6 Å². The Morgan fingerprint density at radius 3 is 2.45 bits per heavy atom. The third-order valence-corrected chi connectivity index (χ3v) is 8.10. The standard InChI is InChI=1S/C24H31ClN2O3S/c1-18(16-24(2,3)20-9-5-4-6-10-20)26-23(28)19-8-7-15-27(17-19)31(29,30)22-13-11-21(25)12-14-22/h4-6,9-14,18-19H,7-8,15-17H2,1-3H3,(H,26,28)/t18-,19+/m0/s1. The minimum absolute atomic E-state index is 0.0223. The molecule has 0 bridgehead atoms. The first-order chi connectivity index (χ1) is 14.6. The first-order valence-corrected chi connectivity index (χ1v) is 12.5. The second-order valence-electron chi connectivity index (χ2n) is 9.02. The van der Waals surface area contributed by atoms with Crippen molar-refractivity contribution in [2.75, 3.05) is 13.1 Å². The summed E-state index contributed by atoms with van der Waals surface area (Å²) in [5.41, 5.74) is 1.15. The fourth-order valence-corrected chi connectivity index (χ4v) is 5.96. The molecular weight excluding hydrogens is 432 g/mol. The van der Waals surface area contributed by atoms with Gasteiger partial charge < -0.3 is 5.32 Å². The molecule has 168 valence electrons. The van der Waals surface area contributed by atoms with Gasteiger partial charge in [0.05, 0.1) is 10.8 Å². The van der Waals surface area contributed by atoms with Gasteiger partial charge >= 0.3 is 0 Å². The van der Waals surface area contributed by atoms with E-state index in [1.54, 1.807) is 12.1 Å². The van der Waals surface area contributed by atoms with Crippen LogP contribution < -0.4 is 5.32 Å². The average molecular weight is 463 g/mol. The zero-order valence-corrected chi connectivity index (χ0v) is 19.9. The number of sulfonamides is 1. The number of carbonyl (C=O) groups is 1. The Morgan fingerprint density at radius 1 is 1.16 bits per heavy atom. The lowest BCUT2D eigenvalue weighted by molar-refractivity contribution is -0.126. The highest BCUT2D eigenvalue weighted by molar-refractivity contribution is 7.89. The van der Waals surface area contributed by atoms with Crippen molar-refractivity contribution in [3.05, 3.63) is 65.2 Å². The van der Waals surface area contributed by atoms with Crippen LogP contribution in [0.1, 0.15) is 45.6 Å². The number of nitrogens with one attached hydrogen (secondary N) is 1. The van der Waals surface area contributed by atoms with Gasteiger partial charge in [0.2, 0.25) is 15.9 Å². The van der Waals surface area contributed by atoms with Crippen LogP contribution in [0.2, 0.25) is 5.02 Å². The summed E-state index contributed by atoms with van der Waals surface area (Å²) >= 11 is 5.88. The van der Waals surface area contributed by atoms with E-state index in [2.05, 4.69) is 31.3 Å². The zero-order chi connectivity index (χ0) is 22.6. The van der Waals surface area contributed by atoms with Crippen molar-refractivity contribution in [3.63, 3.8) is 0 Å². The SMILES string of the molecule is C[C@@H](CC(C)(C)c1ccccc1)NC(=O)[C@@H]1CCCN(S(=O)(=O)c2ccc(Cl)cc2)C1. The zero-order valence-electron chi connectivity index (χ0n) is 18.3. The van der Waals surface area contributed by atoms with E-state index >= 15 is 0 Å². The number of nitrogens with zero attached hydrogens (tertiary/aromatic N) is 1. The Kier molecular flexibility index (Phi) is 7.45. The molecule has 1 fully saturated rings. The molecule has 2 aromatic rings. The van der Waals surface area contributed by atoms with Crippen LogP contribution in [0.4, 0.5) is 0 Å². The lowest BCUT2D eigenvalue weighted by Gasteiger charge is -2.33. The number of hydrogen-bond donors (Lipinski definition) is 1. The Hall–Kier alpha value is -1.89. The third-order valence-electron chi connectivity index (χ3n) is 5.97. The summed E-state index contributed by atoms with van der Waals surface area (Å²) in [6.07, 6.45) is 2.14. The number of amides is 1. The normalized spacial score (nSPS) is 19.0. The van der Waals surface area contributed by atoms with Gasteiger partial charge in [0.25, 0.3) is 0 Å². The highest BCUT2D eigenvalue weighted by Crippen LogP contribution is 2.29. The largest absolute Gasteiger partial charge is 0.353 e. The van der Waals surface area contributed by atoms with Gasteiger partial charge in [-0.2, -0.15) is 4.31 Å². The predicted octanol–water partition coefficient (Wildman–Crippen LogP) is 4.61. The van der Waals surface area contributed by atoms with Gasteiger partial charge in [-0.1, -0.05) is 55.8 Å². The van der Waals surface area contributed by atoms with Crippen LogP contribution in [0.25, 0.3) is 0 Å². The molecule has 0 spiro atoms. The van der Waals surface area contributed by atoms with Crippen molar-refractivity contribution in [1.29, 1.82) is 0 Å². The van der Waals surface area contributed by atoms with Crippen LogP contribution in [0.5, 0.6) is 0 Å². The summed E-state index contributed by atoms with van der Waals surface area (Å²) in [4.78, 5) is 13.1. The Balaban J connectivity index is 1.62. The monoisotopic (exact) mass is 462 g/mol. The third kappa shape index (κ3) is 5.88. The summed E-state index contributed by atoms with van der Waals surface area (Å²) < 4.78 is 27.4. The molecule has 7 heteroatoms. The molecule has 0 aromatic heterocycles. The lowest BCUT2D eigenvalue weighted by atomic mass is 9.79. The van der Waals surface area contributed by atoms with Crippen LogP contribution in [0.15, 0.2) is 59.5 Å². The fourth-order valence-electron chi connectivity index (χ4n) is 4.31. The van der Waals surface area contributed by atoms with Crippen LogP contribution in [-0.4, -0.2) is 37.8 Å². The van der Waals surface area contributed by atoms with Crippen molar-refractivity contribution in [1.82, 2.24) is 9.62 Å². The Morgan fingerprint density at radius 2 is 1.81 bits per heavy atom. The molecule has 0 radical (unpaired) electrons. The van der Waals surface area contributed by atoms with Gasteiger partial charge in [-0.05, 0) is 61.4 Å². The van der Waals surface area contributed by atoms with Crippen molar-refractivity contribution in [2.45, 2.75) is 56.4 Å². The van der Waals surface area contributed by atoms with Crippen LogP contribution in [-0.2, 0) is 20.2 Å². The topological polar surface area (TPSA) is 66.5 Å². The molecule has 1 aliphatic heterocycles. The van der Waals surface area contributed by atoms with Gasteiger partial charge in [0.15, 0.2) is 0 Å². The smallest absolute Gasteiger partial charge is 0.243 e. The maximum atomic E-state index is 13.0. The Labute approximate surface area is 190 Å². The van der Waals surface area contributed by atoms with Crippen molar-refractivity contribution >= 4 is 27.5 Å². The van der Waals surface area contributed by atoms with E-state index in [1.165, 1.54) is 22.0 Å². The van der Waals surface area contributed by atoms with Gasteiger partial charge in [-0.3, -0.25) is 4.79 Å². The van der Waals surface area contributed by atoms with Crippen molar-refractivity contribution < 1.29 is 13.2 Å². The number of hydrogen-bond acceptors (Lipinski definition) is 3. The molecule has 0 aliphatic carbocycles. The maximum Gasteiger partial charge on any atom is 0.243 e. The molecular formula is C24H31ClN2O3S. The fraction of sp³-hybridized carbons (Fsp3) is 0.458. The van der Waals surface area contributed by atoms with Gasteiger partial charge in [0, 0.05) is 24.2 Å². The molecule has 0 unspecified atom stereocenters. The van der Waals surface area contributed by atoms with Crippen LogP contribution >= 0.6 is 11.6 Å². The molecule has 0 saturated carbocycles. The first kappa shape index (κ1) is 23.8. The van der Waals surface area contributed by atoms with Crippen molar-refractivity contribution in [3.8, 4) is 0 Å². The Bertz CT molecular complexity index is 991. The molecule has 1 heterocycles. The second kappa shape index (κ2) is 9.72. The number of rotatable bonds is 7. The molecule has 1 amide bonds. The van der Waals surface area contributed by atoms with E-state index in [-0.39, 0.29) is 34.7 Å². The molecule has 1 N–H and O–H groups in total. The summed E-state index contributed by atoms with van der Waals surface area (Å²) in [6, 6.07) is 16.4. The number of benzene rings is 2. The average Bonchev–Trinajstić information content (AvgIpc) is 2.74. The number of halogens is 1. The molecule has 5 nitrogen and oxygen atoms in total. The van der Waals surface area contributed by atoms with Gasteiger partial charge in [-0.15, -0.1) is 0 Å². The van der Waals surface area contributed by atoms with Gasteiger partial charge in [0.1, 0.15) is 0 Å². The quantitative estimate of drug-likeness (QED) is 0.653. The highest BCUT2D eigenvalue weighted by atomic mass is 35.5. The van der Waals surface area contributed by atoms with E-state index in [0.717, 1.165) is 6.42 Å². The number of piperidine rings is 1. The van der Waals surface area contributed by atoms with E-state index in [9.17, 15) is 13.2 Å². The van der Waals surface area contributed by atoms with Crippen LogP contribution in [0.3, 0.4) is 0 Å². The molecule has 31 heavy (non-hydrogen) atoms. The van der Waals surface area contributed by atoms with E-state index in [1.807, 2.05) is 25.1 Å². The number of carbonyl (C=O) groups excluding carboxylic acids is 1. The van der Waals surface area contributed by atoms with Crippen LogP contribution in [0, 0.1) is 5.92 Å². The van der Waals surface area contributed by atoms with E-state index in [0.29, 0.717) is 24.4 Å². The summed E-state index contributed by atoms with van der Waals surface area (Å²) in [7, 11) is -3.64. The minimum atomic E-state index is -3.64. The molecule has 2 atom stereocenters. The second-order valence-corrected chi connectivity index (χ2v) is 11.4. The molecule has 2 aromatic carbocycles. The first-order valence-electron chi connectivity index (χ1n) is 10.7. The van der Waals surface area contributed by atoms with Crippen molar-refractivity contribution in [2.24, 2.45) is 5.92 Å². The van der Waals surface area contributed by atoms with Gasteiger partial charge in [-0.25, -0.2) is 8.42 Å². The molecule has 3 rings (SSSR count). The maximum absolute atomic E-state index is 13.0. The summed E-state index contributed by atoms with van der Waals surface area (Å²) in [5.74, 6) is -0.425. The summed E-state index contributed by atoms with van der Waals surface area (Å²) in [5, 5.41) is 3.61. The lowest BCUT2D eigenvalue weighted by Crippen LogP contribution is -2.47. The minimum Gasteiger partial charge on any atom is -0.353 e. The predicted molar refractivity (Wildman–Crippen MR) is 125 cm³/mol. The van der Waals surface area contributed by atoms with E-state index < -0.39 is 10.0 Å². The summed E-state index contributed by atoms with van der Waals surface area (Å²) in [6.45, 7) is 6.97. The molecule has 1 aliphatic rings. The molecule has 1 saturated heterocycles. The highest BCUT2D eigenvalue weighted by Gasteiger charge is 2.34.